The molecule has 0 heterocycles. The standard InChI is InChI=1S/C22H24ClNO3S/c1-27-20-11-7-17(23)14-16(20)6-10-19-21(22(19)12-2-3-13-22)15-4-8-18(9-5-15)28(24,25)26/h4-11,14,19,21H,2-3,12-13H2,1H3,(H2,24,25,26). The Bertz CT molecular complexity index is 1010. The third-order valence-electron chi connectivity index (χ3n) is 6.31. The highest BCUT2D eigenvalue weighted by molar-refractivity contribution is 7.89. The van der Waals surface area contributed by atoms with Crippen LogP contribution in [0.15, 0.2) is 53.4 Å². The summed E-state index contributed by atoms with van der Waals surface area (Å²) in [6.45, 7) is 0. The molecule has 2 saturated carbocycles. The van der Waals surface area contributed by atoms with Crippen LogP contribution in [-0.4, -0.2) is 15.5 Å². The molecule has 0 aliphatic heterocycles. The number of methoxy groups -OCH3 is 1. The number of hydrogen-bond donors (Lipinski definition) is 1. The lowest BCUT2D eigenvalue weighted by molar-refractivity contribution is 0.414. The minimum Gasteiger partial charge on any atom is -0.496 e. The second kappa shape index (κ2) is 7.21. The Labute approximate surface area is 171 Å². The van der Waals surface area contributed by atoms with Gasteiger partial charge in [0.1, 0.15) is 5.75 Å². The van der Waals surface area contributed by atoms with Gasteiger partial charge >= 0.3 is 0 Å². The van der Waals surface area contributed by atoms with Crippen molar-refractivity contribution < 1.29 is 13.2 Å². The second-order valence-corrected chi connectivity index (χ2v) is 9.80. The molecule has 148 valence electrons. The lowest BCUT2D eigenvalue weighted by Gasteiger charge is -2.08. The predicted molar refractivity (Wildman–Crippen MR) is 112 cm³/mol. The van der Waals surface area contributed by atoms with E-state index in [1.807, 2.05) is 30.3 Å². The third-order valence-corrected chi connectivity index (χ3v) is 7.47. The first kappa shape index (κ1) is 19.5. The average molecular weight is 418 g/mol. The molecule has 0 radical (unpaired) electrons. The zero-order chi connectivity index (χ0) is 19.9. The van der Waals surface area contributed by atoms with E-state index in [0.29, 0.717) is 16.9 Å². The monoisotopic (exact) mass is 417 g/mol. The van der Waals surface area contributed by atoms with Gasteiger partial charge in [-0.2, -0.15) is 0 Å². The Kier molecular flexibility index (Phi) is 5.02. The van der Waals surface area contributed by atoms with Gasteiger partial charge in [-0.1, -0.05) is 48.7 Å². The quantitative estimate of drug-likeness (QED) is 0.745. The van der Waals surface area contributed by atoms with Gasteiger partial charge in [0, 0.05) is 10.6 Å². The molecule has 2 aliphatic carbocycles. The molecule has 4 rings (SSSR count). The van der Waals surface area contributed by atoms with Gasteiger partial charge in [0.2, 0.25) is 10.0 Å². The molecule has 2 N–H and O–H groups in total. The summed E-state index contributed by atoms with van der Waals surface area (Å²) in [6, 6.07) is 12.7. The largest absolute Gasteiger partial charge is 0.496 e. The predicted octanol–water partition coefficient (Wildman–Crippen LogP) is 4.98. The summed E-state index contributed by atoms with van der Waals surface area (Å²) in [6.07, 6.45) is 9.28. The summed E-state index contributed by atoms with van der Waals surface area (Å²) in [5.74, 6) is 1.64. The zero-order valence-corrected chi connectivity index (χ0v) is 17.3. The second-order valence-electron chi connectivity index (χ2n) is 7.80. The van der Waals surface area contributed by atoms with Crippen LogP contribution < -0.4 is 9.88 Å². The van der Waals surface area contributed by atoms with Gasteiger partial charge in [-0.25, -0.2) is 13.6 Å². The first-order valence-corrected chi connectivity index (χ1v) is 11.4. The van der Waals surface area contributed by atoms with E-state index in [4.69, 9.17) is 21.5 Å². The van der Waals surface area contributed by atoms with Crippen molar-refractivity contribution in [3.8, 4) is 5.75 Å². The van der Waals surface area contributed by atoms with E-state index in [1.54, 1.807) is 19.2 Å². The van der Waals surface area contributed by atoms with Crippen LogP contribution in [0.5, 0.6) is 5.75 Å². The molecule has 2 atom stereocenters. The summed E-state index contributed by atoms with van der Waals surface area (Å²) >= 11 is 6.15. The maximum Gasteiger partial charge on any atom is 0.238 e. The Morgan fingerprint density at radius 1 is 1.14 bits per heavy atom. The van der Waals surface area contributed by atoms with Gasteiger partial charge in [-0.05, 0) is 66.0 Å². The molecule has 2 aromatic rings. The fourth-order valence-corrected chi connectivity index (χ4v) is 5.65. The number of benzene rings is 2. The van der Waals surface area contributed by atoms with Crippen molar-refractivity contribution in [1.29, 1.82) is 0 Å². The molecule has 0 amide bonds. The molecule has 2 aliphatic rings. The molecule has 1 spiro atoms. The summed E-state index contributed by atoms with van der Waals surface area (Å²) in [5, 5.41) is 5.91. The molecular weight excluding hydrogens is 394 g/mol. The van der Waals surface area contributed by atoms with Crippen LogP contribution in [-0.2, 0) is 10.0 Å². The molecule has 0 bridgehead atoms. The molecule has 2 fully saturated rings. The van der Waals surface area contributed by atoms with Gasteiger partial charge in [0.25, 0.3) is 0 Å². The first-order valence-electron chi connectivity index (χ1n) is 9.50. The number of hydrogen-bond acceptors (Lipinski definition) is 3. The topological polar surface area (TPSA) is 69.4 Å². The van der Waals surface area contributed by atoms with Crippen LogP contribution in [0, 0.1) is 11.3 Å². The Morgan fingerprint density at radius 3 is 2.43 bits per heavy atom. The van der Waals surface area contributed by atoms with E-state index in [0.717, 1.165) is 11.3 Å². The maximum atomic E-state index is 11.5. The Balaban J connectivity index is 1.63. The van der Waals surface area contributed by atoms with Crippen LogP contribution in [0.3, 0.4) is 0 Å². The Hall–Kier alpha value is -1.82. The minimum atomic E-state index is -3.66. The molecule has 28 heavy (non-hydrogen) atoms. The van der Waals surface area contributed by atoms with Crippen molar-refractivity contribution in [3.05, 3.63) is 64.7 Å². The summed E-state index contributed by atoms with van der Waals surface area (Å²) < 4.78 is 28.5. The number of primary sulfonamides is 1. The Morgan fingerprint density at radius 2 is 1.82 bits per heavy atom. The highest BCUT2D eigenvalue weighted by Crippen LogP contribution is 2.73. The highest BCUT2D eigenvalue weighted by Gasteiger charge is 2.63. The maximum absolute atomic E-state index is 11.5. The summed E-state index contributed by atoms with van der Waals surface area (Å²) in [4.78, 5) is 0.160. The van der Waals surface area contributed by atoms with Gasteiger partial charge in [0.05, 0.1) is 12.0 Å². The highest BCUT2D eigenvalue weighted by atomic mass is 35.5. The van der Waals surface area contributed by atoms with E-state index in [9.17, 15) is 8.42 Å². The van der Waals surface area contributed by atoms with Crippen molar-refractivity contribution in [2.24, 2.45) is 16.5 Å². The van der Waals surface area contributed by atoms with E-state index >= 15 is 0 Å². The normalized spacial score (nSPS) is 23.4. The van der Waals surface area contributed by atoms with Gasteiger partial charge < -0.3 is 4.74 Å². The number of nitrogens with two attached hydrogens (primary N) is 1. The summed E-state index contributed by atoms with van der Waals surface area (Å²) in [5.41, 5.74) is 2.44. The molecule has 2 unspecified atom stereocenters. The molecule has 0 aromatic heterocycles. The molecule has 2 aromatic carbocycles. The van der Waals surface area contributed by atoms with Crippen LogP contribution in [0.25, 0.3) is 6.08 Å². The van der Waals surface area contributed by atoms with Crippen molar-refractivity contribution >= 4 is 27.7 Å². The number of halogens is 1. The number of allylic oxidation sites excluding steroid dienone is 1. The van der Waals surface area contributed by atoms with Crippen LogP contribution in [0.2, 0.25) is 5.02 Å². The smallest absolute Gasteiger partial charge is 0.238 e. The van der Waals surface area contributed by atoms with Crippen molar-refractivity contribution in [2.75, 3.05) is 7.11 Å². The molecular formula is C22H24ClNO3S. The first-order chi connectivity index (χ1) is 13.3. The fraction of sp³-hybridized carbons (Fsp3) is 0.364. The number of rotatable bonds is 5. The van der Waals surface area contributed by atoms with Crippen LogP contribution in [0.4, 0.5) is 0 Å². The summed E-state index contributed by atoms with van der Waals surface area (Å²) in [7, 11) is -2.01. The van der Waals surface area contributed by atoms with E-state index in [2.05, 4.69) is 12.2 Å². The van der Waals surface area contributed by atoms with Gasteiger partial charge in [-0.15, -0.1) is 0 Å². The lowest BCUT2D eigenvalue weighted by atomic mass is 9.97. The van der Waals surface area contributed by atoms with Crippen LogP contribution >= 0.6 is 11.6 Å². The third kappa shape index (κ3) is 3.47. The van der Waals surface area contributed by atoms with E-state index in [-0.39, 0.29) is 10.3 Å². The minimum absolute atomic E-state index is 0.160. The number of sulfonamides is 1. The molecule has 6 heteroatoms. The fourth-order valence-electron chi connectivity index (χ4n) is 4.95. The lowest BCUT2D eigenvalue weighted by Crippen LogP contribution is -2.11. The molecule has 4 nitrogen and oxygen atoms in total. The zero-order valence-electron chi connectivity index (χ0n) is 15.8. The van der Waals surface area contributed by atoms with Gasteiger partial charge in [0.15, 0.2) is 0 Å². The molecule has 0 saturated heterocycles. The SMILES string of the molecule is COc1ccc(Cl)cc1C=CC1C(c2ccc(S(N)(=O)=O)cc2)C12CCCC2. The van der Waals surface area contributed by atoms with Crippen molar-refractivity contribution in [2.45, 2.75) is 36.5 Å². The van der Waals surface area contributed by atoms with Crippen molar-refractivity contribution in [1.82, 2.24) is 0 Å². The van der Waals surface area contributed by atoms with Gasteiger partial charge in [-0.3, -0.25) is 0 Å². The van der Waals surface area contributed by atoms with Crippen molar-refractivity contribution in [3.63, 3.8) is 0 Å². The van der Waals surface area contributed by atoms with Crippen LogP contribution in [0.1, 0.15) is 42.7 Å². The van der Waals surface area contributed by atoms with E-state index < -0.39 is 10.0 Å². The number of ether oxygens (including phenoxy) is 1. The van der Waals surface area contributed by atoms with E-state index in [1.165, 1.54) is 31.2 Å². The average Bonchev–Trinajstić information content (AvgIpc) is 3.00.